The van der Waals surface area contributed by atoms with Gasteiger partial charge < -0.3 is 34.2 Å². The Morgan fingerprint density at radius 3 is 2.38 bits per heavy atom. The van der Waals surface area contributed by atoms with Crippen LogP contribution in [0.2, 0.25) is 0 Å². The zero-order chi connectivity index (χ0) is 10.7. The Bertz CT molecular complexity index is 197. The monoisotopic (exact) mass is 214 g/mol. The van der Waals surface area contributed by atoms with Crippen LogP contribution in [0, 0.1) is 0 Å². The van der Waals surface area contributed by atoms with E-state index in [-0.39, 0.29) is 0 Å². The highest BCUT2D eigenvalue weighted by atomic mass is 31.2. The molecule has 0 aliphatic carbocycles. The molecule has 0 aromatic heterocycles. The van der Waals surface area contributed by atoms with Gasteiger partial charge >= 0.3 is 0 Å². The largest absolute Gasteiger partial charge is 0.790 e. The number of hydrogen-bond donors (Lipinski definition) is 3. The fourth-order valence-corrected chi connectivity index (χ4v) is 0.771. The molecule has 8 heteroatoms. The van der Waals surface area contributed by atoms with E-state index < -0.39 is 32.7 Å². The first-order valence-corrected chi connectivity index (χ1v) is 4.83. The molecule has 0 saturated carbocycles. The van der Waals surface area contributed by atoms with Crippen molar-refractivity contribution in [2.75, 3.05) is 13.2 Å². The summed E-state index contributed by atoms with van der Waals surface area (Å²) in [4.78, 5) is 19.9. The maximum atomic E-state index is 9.95. The first-order valence-electron chi connectivity index (χ1n) is 3.37. The summed E-state index contributed by atoms with van der Waals surface area (Å²) in [5.41, 5.74) is -1.89. The molecule has 0 saturated heterocycles. The van der Waals surface area contributed by atoms with E-state index in [0.717, 1.165) is 6.92 Å². The molecular weight excluding hydrogens is 203 g/mol. The van der Waals surface area contributed by atoms with Gasteiger partial charge in [0.25, 0.3) is 0 Å². The number of hydrogen-bond acceptors (Lipinski definition) is 7. The second-order valence-corrected chi connectivity index (χ2v) is 3.93. The lowest BCUT2D eigenvalue weighted by molar-refractivity contribution is -0.343. The first-order chi connectivity index (χ1) is 5.69. The lowest BCUT2D eigenvalue weighted by Crippen LogP contribution is -2.45. The molecule has 0 heterocycles. The van der Waals surface area contributed by atoms with Crippen molar-refractivity contribution in [1.29, 1.82) is 0 Å². The Hall–Kier alpha value is -0.0100. The van der Waals surface area contributed by atoms with Crippen LogP contribution in [0.1, 0.15) is 6.92 Å². The Morgan fingerprint density at radius 2 is 2.08 bits per heavy atom. The third-order valence-electron chi connectivity index (χ3n) is 1.43. The van der Waals surface area contributed by atoms with E-state index in [2.05, 4.69) is 4.52 Å². The molecule has 0 aromatic rings. The third kappa shape index (κ3) is 5.33. The van der Waals surface area contributed by atoms with E-state index in [1.807, 2.05) is 0 Å². The third-order valence-corrected chi connectivity index (χ3v) is 1.89. The van der Waals surface area contributed by atoms with Crippen molar-refractivity contribution >= 4 is 7.82 Å². The molecule has 3 N–H and O–H groups in total. The van der Waals surface area contributed by atoms with Crippen LogP contribution >= 0.6 is 7.82 Å². The molecule has 0 aliphatic rings. The molecule has 0 amide bonds. The molecule has 0 spiro atoms. The van der Waals surface area contributed by atoms with E-state index in [9.17, 15) is 14.4 Å². The molecule has 0 aliphatic heterocycles. The second kappa shape index (κ2) is 4.47. The summed E-state index contributed by atoms with van der Waals surface area (Å²) in [6, 6.07) is 0. The summed E-state index contributed by atoms with van der Waals surface area (Å²) in [7, 11) is -5.15. The van der Waals surface area contributed by atoms with Crippen LogP contribution in [0.15, 0.2) is 0 Å². The maximum Gasteiger partial charge on any atom is 0.113 e. The van der Waals surface area contributed by atoms with Crippen molar-refractivity contribution in [1.82, 2.24) is 0 Å². The summed E-state index contributed by atoms with van der Waals surface area (Å²) >= 11 is 0. The molecule has 0 bridgehead atoms. The Labute approximate surface area is 74.8 Å². The van der Waals surface area contributed by atoms with Crippen molar-refractivity contribution in [2.24, 2.45) is 0 Å². The van der Waals surface area contributed by atoms with Crippen LogP contribution in [0.4, 0.5) is 0 Å². The molecule has 0 fully saturated rings. The van der Waals surface area contributed by atoms with E-state index in [0.29, 0.717) is 0 Å². The van der Waals surface area contributed by atoms with E-state index in [4.69, 9.17) is 15.3 Å². The number of phosphoric acid groups is 1. The fraction of sp³-hybridized carbons (Fsp3) is 1.00. The molecular formula is C5H11O7P-2. The van der Waals surface area contributed by atoms with Crippen LogP contribution in [0.5, 0.6) is 0 Å². The van der Waals surface area contributed by atoms with Crippen LogP contribution in [0.3, 0.4) is 0 Å². The van der Waals surface area contributed by atoms with Crippen LogP contribution < -0.4 is 9.79 Å². The highest BCUT2D eigenvalue weighted by molar-refractivity contribution is 7.43. The predicted molar refractivity (Wildman–Crippen MR) is 37.3 cm³/mol. The lowest BCUT2D eigenvalue weighted by atomic mass is 10.0. The van der Waals surface area contributed by atoms with Crippen molar-refractivity contribution in [3.8, 4) is 0 Å². The van der Waals surface area contributed by atoms with Gasteiger partial charge in [-0.05, 0) is 6.92 Å². The highest BCUT2D eigenvalue weighted by Crippen LogP contribution is 2.25. The minimum atomic E-state index is -5.15. The van der Waals surface area contributed by atoms with E-state index in [1.54, 1.807) is 0 Å². The van der Waals surface area contributed by atoms with Gasteiger partial charge in [-0.2, -0.15) is 0 Å². The minimum Gasteiger partial charge on any atom is -0.790 e. The maximum absolute atomic E-state index is 9.95. The SMILES string of the molecule is C[C@](O)(CO)[C@H](O)COP(=O)([O-])[O-]. The van der Waals surface area contributed by atoms with Gasteiger partial charge in [0.2, 0.25) is 0 Å². The number of phosphoric ester groups is 1. The molecule has 80 valence electrons. The number of rotatable bonds is 5. The molecule has 7 nitrogen and oxygen atoms in total. The number of aliphatic hydroxyl groups is 3. The summed E-state index contributed by atoms with van der Waals surface area (Å²) in [5, 5.41) is 26.6. The van der Waals surface area contributed by atoms with Gasteiger partial charge in [-0.15, -0.1) is 0 Å². The van der Waals surface area contributed by atoms with Gasteiger partial charge in [-0.1, -0.05) is 0 Å². The Kier molecular flexibility index (Phi) is 4.47. The Balaban J connectivity index is 4.02. The smallest absolute Gasteiger partial charge is 0.113 e. The van der Waals surface area contributed by atoms with Crippen molar-refractivity contribution in [2.45, 2.75) is 18.6 Å². The zero-order valence-electron chi connectivity index (χ0n) is 6.91. The van der Waals surface area contributed by atoms with Crippen LogP contribution in [0.25, 0.3) is 0 Å². The van der Waals surface area contributed by atoms with Gasteiger partial charge in [0.15, 0.2) is 0 Å². The average Bonchev–Trinajstić information content (AvgIpc) is 1.98. The van der Waals surface area contributed by atoms with Gasteiger partial charge in [-0.25, -0.2) is 0 Å². The Morgan fingerprint density at radius 1 is 1.62 bits per heavy atom. The molecule has 2 atom stereocenters. The molecule has 0 radical (unpaired) electrons. The second-order valence-electron chi connectivity index (χ2n) is 2.77. The van der Waals surface area contributed by atoms with Crippen molar-refractivity contribution in [3.05, 3.63) is 0 Å². The summed E-state index contributed by atoms with van der Waals surface area (Å²) in [5.74, 6) is 0. The van der Waals surface area contributed by atoms with Crippen molar-refractivity contribution in [3.63, 3.8) is 0 Å². The quantitative estimate of drug-likeness (QED) is 0.413. The highest BCUT2D eigenvalue weighted by Gasteiger charge is 2.29. The van der Waals surface area contributed by atoms with Gasteiger partial charge in [0.1, 0.15) is 11.7 Å². The number of aliphatic hydroxyl groups excluding tert-OH is 2. The first kappa shape index (κ1) is 13.0. The van der Waals surface area contributed by atoms with Crippen LogP contribution in [-0.4, -0.2) is 40.2 Å². The van der Waals surface area contributed by atoms with E-state index >= 15 is 0 Å². The normalized spacial score (nSPS) is 19.5. The predicted octanol–water partition coefficient (Wildman–Crippen LogP) is -3.06. The molecule has 13 heavy (non-hydrogen) atoms. The molecule has 0 rings (SSSR count). The van der Waals surface area contributed by atoms with Crippen LogP contribution in [-0.2, 0) is 9.09 Å². The fourth-order valence-electron chi connectivity index (χ4n) is 0.447. The summed E-state index contributed by atoms with van der Waals surface area (Å²) in [6.07, 6.45) is -1.64. The van der Waals surface area contributed by atoms with Gasteiger partial charge in [-0.3, -0.25) is 0 Å². The molecule has 0 aromatic carbocycles. The standard InChI is InChI=1S/C5H13O7P/c1-5(8,3-6)4(7)2-12-13(9,10)11/h4,6-8H,2-3H2,1H3,(H2,9,10,11)/p-2/t4-,5+/m1/s1. The van der Waals surface area contributed by atoms with Gasteiger partial charge in [0, 0.05) is 0 Å². The average molecular weight is 214 g/mol. The lowest BCUT2D eigenvalue weighted by Gasteiger charge is -2.33. The van der Waals surface area contributed by atoms with Crippen molar-refractivity contribution < 1.29 is 34.2 Å². The van der Waals surface area contributed by atoms with E-state index in [1.165, 1.54) is 0 Å². The summed E-state index contributed by atoms with van der Waals surface area (Å²) in [6.45, 7) is -0.584. The molecule has 0 unspecified atom stereocenters. The minimum absolute atomic E-state index is 0.778. The topological polar surface area (TPSA) is 133 Å². The zero-order valence-corrected chi connectivity index (χ0v) is 7.81. The summed E-state index contributed by atoms with van der Waals surface area (Å²) < 4.78 is 13.6. The van der Waals surface area contributed by atoms with Gasteiger partial charge in [0.05, 0.1) is 21.0 Å².